The molecule has 0 aliphatic carbocycles. The Bertz CT molecular complexity index is 812. The Labute approximate surface area is 133 Å². The standard InChI is InChI=1S/C13H13N3O6S/c1-6(23-11-13(21)22-15-16(11)2)10(18)14-7-3-4-9(17)8(5-7)12(19)20/h3-6,15H,1-2H3,(H2,19,20,21)/p+1. The van der Waals surface area contributed by atoms with Crippen molar-refractivity contribution in [1.29, 1.82) is 0 Å². The van der Waals surface area contributed by atoms with Crippen molar-refractivity contribution in [3.63, 3.8) is 0 Å². The number of carbonyl (C=O) groups excluding carboxylic acids is 1. The number of rotatable bonds is 5. The lowest BCUT2D eigenvalue weighted by Gasteiger charge is -2.10. The number of thioether (sulfide) groups is 1. The molecule has 9 nitrogen and oxygen atoms in total. The SMILES string of the molecule is CC(Sc1c(=O)o[nH][n+]1C)C(=O)Nc1ccc(O)c(C(=O)O)c1. The number of nitrogens with one attached hydrogen (secondary N) is 2. The smallest absolute Gasteiger partial charge is 0.441 e. The molecule has 2 aromatic rings. The van der Waals surface area contributed by atoms with Crippen LogP contribution in [0.1, 0.15) is 17.3 Å². The van der Waals surface area contributed by atoms with Crippen LogP contribution in [0.25, 0.3) is 0 Å². The predicted octanol–water partition coefficient (Wildman–Crippen LogP) is 0.315. The van der Waals surface area contributed by atoms with Crippen LogP contribution in [0, 0.1) is 0 Å². The Kier molecular flexibility index (Phi) is 4.74. The molecule has 1 amide bonds. The van der Waals surface area contributed by atoms with Crippen molar-refractivity contribution in [3.8, 4) is 5.75 Å². The van der Waals surface area contributed by atoms with E-state index in [1.165, 1.54) is 16.8 Å². The molecule has 1 atom stereocenters. The van der Waals surface area contributed by atoms with Crippen molar-refractivity contribution in [1.82, 2.24) is 5.27 Å². The van der Waals surface area contributed by atoms with Gasteiger partial charge in [0, 0.05) is 5.69 Å². The van der Waals surface area contributed by atoms with Gasteiger partial charge in [0.25, 0.3) is 0 Å². The normalized spacial score (nSPS) is 11.9. The van der Waals surface area contributed by atoms with Crippen LogP contribution in [-0.4, -0.2) is 32.6 Å². The lowest BCUT2D eigenvalue weighted by molar-refractivity contribution is -0.772. The summed E-state index contributed by atoms with van der Waals surface area (Å²) in [6.45, 7) is 1.59. The summed E-state index contributed by atoms with van der Waals surface area (Å²) in [5, 5.41) is 22.8. The maximum atomic E-state index is 12.1. The number of amides is 1. The van der Waals surface area contributed by atoms with Gasteiger partial charge in [-0.2, -0.15) is 0 Å². The highest BCUT2D eigenvalue weighted by Gasteiger charge is 2.25. The zero-order valence-corrected chi connectivity index (χ0v) is 13.0. The molecule has 0 saturated carbocycles. The fourth-order valence-electron chi connectivity index (χ4n) is 1.71. The first-order chi connectivity index (χ1) is 10.8. The highest BCUT2D eigenvalue weighted by Crippen LogP contribution is 2.23. The van der Waals surface area contributed by atoms with Crippen molar-refractivity contribution >= 4 is 29.3 Å². The number of carboxylic acids is 1. The number of hydrogen-bond donors (Lipinski definition) is 4. The van der Waals surface area contributed by atoms with Gasteiger partial charge < -0.3 is 15.5 Å². The quantitative estimate of drug-likeness (QED) is 0.349. The molecule has 2 rings (SSSR count). The van der Waals surface area contributed by atoms with Crippen LogP contribution in [0.4, 0.5) is 5.69 Å². The first kappa shape index (κ1) is 16.6. The number of nitrogens with zero attached hydrogens (tertiary/aromatic N) is 1. The summed E-state index contributed by atoms with van der Waals surface area (Å²) >= 11 is 0.992. The van der Waals surface area contributed by atoms with Crippen LogP contribution in [0.5, 0.6) is 5.75 Å². The second kappa shape index (κ2) is 6.57. The zero-order chi connectivity index (χ0) is 17.1. The number of aromatic carboxylic acids is 1. The summed E-state index contributed by atoms with van der Waals surface area (Å²) in [5.41, 5.74) is -0.682. The molecule has 0 bridgehead atoms. The summed E-state index contributed by atoms with van der Waals surface area (Å²) < 4.78 is 5.93. The van der Waals surface area contributed by atoms with E-state index in [2.05, 4.69) is 15.1 Å². The van der Waals surface area contributed by atoms with Gasteiger partial charge in [-0.15, -0.1) is 0 Å². The molecular weight excluding hydrogens is 326 g/mol. The number of carbonyl (C=O) groups is 2. The fourth-order valence-corrected chi connectivity index (χ4v) is 2.54. The van der Waals surface area contributed by atoms with Crippen LogP contribution in [0.3, 0.4) is 0 Å². The molecule has 0 radical (unpaired) electrons. The Balaban J connectivity index is 2.11. The van der Waals surface area contributed by atoms with E-state index in [0.29, 0.717) is 0 Å². The number of aromatic hydroxyl groups is 1. The maximum absolute atomic E-state index is 12.1. The number of benzene rings is 1. The first-order valence-corrected chi connectivity index (χ1v) is 7.29. The molecule has 1 aromatic heterocycles. The average molecular weight is 340 g/mol. The van der Waals surface area contributed by atoms with E-state index < -0.39 is 28.5 Å². The van der Waals surface area contributed by atoms with Crippen LogP contribution >= 0.6 is 11.8 Å². The van der Waals surface area contributed by atoms with Crippen molar-refractivity contribution in [3.05, 3.63) is 34.2 Å². The number of aromatic nitrogens is 2. The van der Waals surface area contributed by atoms with Gasteiger partial charge in [0.15, 0.2) is 7.05 Å². The molecule has 10 heteroatoms. The predicted molar refractivity (Wildman–Crippen MR) is 79.5 cm³/mol. The Morgan fingerprint density at radius 1 is 1.43 bits per heavy atom. The lowest BCUT2D eigenvalue weighted by atomic mass is 10.2. The molecule has 0 saturated heterocycles. The lowest BCUT2D eigenvalue weighted by Crippen LogP contribution is -2.35. The van der Waals surface area contributed by atoms with E-state index in [0.717, 1.165) is 17.8 Å². The molecule has 122 valence electrons. The molecule has 0 aliphatic heterocycles. The minimum atomic E-state index is -1.31. The average Bonchev–Trinajstić information content (AvgIpc) is 2.80. The summed E-state index contributed by atoms with van der Waals surface area (Å²) in [6, 6.07) is 3.71. The number of hydrogen-bond acceptors (Lipinski definition) is 6. The van der Waals surface area contributed by atoms with E-state index >= 15 is 0 Å². The summed E-state index contributed by atoms with van der Waals surface area (Å²) in [5.74, 6) is -2.13. The maximum Gasteiger partial charge on any atom is 0.441 e. The zero-order valence-electron chi connectivity index (χ0n) is 12.2. The van der Waals surface area contributed by atoms with E-state index in [1.54, 1.807) is 14.0 Å². The molecule has 1 heterocycles. The molecule has 4 N–H and O–H groups in total. The number of phenols is 1. The van der Waals surface area contributed by atoms with Gasteiger partial charge in [-0.3, -0.25) is 9.32 Å². The third kappa shape index (κ3) is 3.72. The summed E-state index contributed by atoms with van der Waals surface area (Å²) in [6.07, 6.45) is 0. The fraction of sp³-hybridized carbons (Fsp3) is 0.231. The van der Waals surface area contributed by atoms with Gasteiger partial charge in [0.2, 0.25) is 5.91 Å². The molecule has 0 fully saturated rings. The van der Waals surface area contributed by atoms with E-state index in [4.69, 9.17) is 5.11 Å². The third-order valence-electron chi connectivity index (χ3n) is 2.91. The van der Waals surface area contributed by atoms with Crippen molar-refractivity contribution in [2.45, 2.75) is 17.2 Å². The highest BCUT2D eigenvalue weighted by molar-refractivity contribution is 8.00. The van der Waals surface area contributed by atoms with Gasteiger partial charge in [0.1, 0.15) is 11.3 Å². The van der Waals surface area contributed by atoms with Crippen LogP contribution in [0.15, 0.2) is 32.5 Å². The first-order valence-electron chi connectivity index (χ1n) is 6.41. The van der Waals surface area contributed by atoms with Crippen LogP contribution in [-0.2, 0) is 11.8 Å². The summed E-state index contributed by atoms with van der Waals surface area (Å²) in [7, 11) is 1.57. The van der Waals surface area contributed by atoms with Gasteiger partial charge >= 0.3 is 16.6 Å². The summed E-state index contributed by atoms with van der Waals surface area (Å²) in [4.78, 5) is 34.5. The Hall–Kier alpha value is -2.75. The van der Waals surface area contributed by atoms with Gasteiger partial charge in [-0.1, -0.05) is 4.68 Å². The van der Waals surface area contributed by atoms with E-state index in [-0.39, 0.29) is 16.3 Å². The monoisotopic (exact) mass is 340 g/mol. The third-order valence-corrected chi connectivity index (χ3v) is 4.14. The molecule has 23 heavy (non-hydrogen) atoms. The van der Waals surface area contributed by atoms with Gasteiger partial charge in [0.05, 0.1) is 5.25 Å². The minimum absolute atomic E-state index is 0.225. The number of carboxylic acid groups (broad SMARTS) is 1. The number of H-pyrrole nitrogens is 1. The van der Waals surface area contributed by atoms with Gasteiger partial charge in [-0.25, -0.2) is 9.59 Å². The molecule has 1 aromatic carbocycles. The largest absolute Gasteiger partial charge is 0.507 e. The minimum Gasteiger partial charge on any atom is -0.507 e. The number of aryl methyl sites for hydroxylation is 1. The van der Waals surface area contributed by atoms with Crippen LogP contribution < -0.4 is 15.6 Å². The Morgan fingerprint density at radius 2 is 2.13 bits per heavy atom. The number of aromatic amines is 1. The second-order valence-corrected chi connectivity index (χ2v) is 5.96. The van der Waals surface area contributed by atoms with Crippen LogP contribution in [0.2, 0.25) is 0 Å². The number of anilines is 1. The molecule has 0 spiro atoms. The Morgan fingerprint density at radius 3 is 2.70 bits per heavy atom. The molecule has 0 aliphatic rings. The second-order valence-electron chi connectivity index (χ2n) is 4.63. The highest BCUT2D eigenvalue weighted by atomic mass is 32.2. The molecule has 1 unspecified atom stereocenters. The van der Waals surface area contributed by atoms with E-state index in [1.807, 2.05) is 0 Å². The van der Waals surface area contributed by atoms with Crippen molar-refractivity contribution in [2.75, 3.05) is 5.32 Å². The van der Waals surface area contributed by atoms with E-state index in [9.17, 15) is 19.5 Å². The van der Waals surface area contributed by atoms with Crippen molar-refractivity contribution < 1.29 is 29.0 Å². The van der Waals surface area contributed by atoms with Gasteiger partial charge in [-0.05, 0) is 42.2 Å². The molecular formula is C13H14N3O6S+. The topological polar surface area (TPSA) is 137 Å². The van der Waals surface area contributed by atoms with Crippen molar-refractivity contribution in [2.24, 2.45) is 7.05 Å².